The van der Waals surface area contributed by atoms with Crippen LogP contribution in [0.4, 0.5) is 5.69 Å². The Morgan fingerprint density at radius 3 is 2.57 bits per heavy atom. The molecule has 0 atom stereocenters. The molecule has 1 aromatic rings. The van der Waals surface area contributed by atoms with Gasteiger partial charge in [-0.2, -0.15) is 0 Å². The van der Waals surface area contributed by atoms with E-state index in [4.69, 9.17) is 9.84 Å². The third-order valence-electron chi connectivity index (χ3n) is 2.56. The summed E-state index contributed by atoms with van der Waals surface area (Å²) in [7, 11) is -2.36. The van der Waals surface area contributed by atoms with Gasteiger partial charge in [0.1, 0.15) is 4.90 Å². The molecule has 3 N–H and O–H groups in total. The molecule has 1 aromatic carbocycles. The number of rotatable bonds is 8. The van der Waals surface area contributed by atoms with Crippen molar-refractivity contribution in [3.05, 3.63) is 23.8 Å². The Morgan fingerprint density at radius 1 is 1.38 bits per heavy atom. The number of carboxylic acids is 1. The first-order valence-corrected chi connectivity index (χ1v) is 7.88. The molecule has 0 amide bonds. The molecule has 0 saturated carbocycles. The minimum absolute atomic E-state index is 0.00797. The molecule has 0 fully saturated rings. The highest BCUT2D eigenvalue weighted by Crippen LogP contribution is 2.23. The number of benzene rings is 1. The summed E-state index contributed by atoms with van der Waals surface area (Å²) in [6.07, 6.45) is 0. The second kappa shape index (κ2) is 7.39. The van der Waals surface area contributed by atoms with Crippen LogP contribution in [0.5, 0.6) is 0 Å². The zero-order valence-corrected chi connectivity index (χ0v) is 13.0. The lowest BCUT2D eigenvalue weighted by atomic mass is 10.2. The summed E-state index contributed by atoms with van der Waals surface area (Å²) in [5.74, 6) is -1.18. The Bertz CT molecular complexity index is 599. The van der Waals surface area contributed by atoms with Crippen LogP contribution in [-0.2, 0) is 14.8 Å². The molecule has 118 valence electrons. The molecule has 0 aliphatic carbocycles. The standard InChI is InChI=1S/C13H20N2O5S/c1-9(2)15-11-5-4-10(13(16)17)8-12(11)21(18,19)14-6-7-20-3/h4-5,8-9,14-15H,6-7H2,1-3H3,(H,16,17). The van der Waals surface area contributed by atoms with E-state index in [2.05, 4.69) is 10.0 Å². The van der Waals surface area contributed by atoms with Crippen LogP contribution >= 0.6 is 0 Å². The largest absolute Gasteiger partial charge is 0.478 e. The molecular formula is C13H20N2O5S. The monoisotopic (exact) mass is 316 g/mol. The molecule has 0 aliphatic heterocycles. The molecule has 0 aromatic heterocycles. The molecule has 0 radical (unpaired) electrons. The van der Waals surface area contributed by atoms with E-state index in [1.165, 1.54) is 19.2 Å². The second-order valence-electron chi connectivity index (χ2n) is 4.71. The predicted octanol–water partition coefficient (Wildman–Crippen LogP) is 1.13. The fourth-order valence-electron chi connectivity index (χ4n) is 1.66. The Balaban J connectivity index is 3.21. The van der Waals surface area contributed by atoms with Crippen molar-refractivity contribution in [2.45, 2.75) is 24.8 Å². The van der Waals surface area contributed by atoms with E-state index in [9.17, 15) is 13.2 Å². The highest BCUT2D eigenvalue weighted by molar-refractivity contribution is 7.89. The van der Waals surface area contributed by atoms with Crippen LogP contribution in [-0.4, -0.2) is 45.8 Å². The van der Waals surface area contributed by atoms with Gasteiger partial charge in [-0.3, -0.25) is 0 Å². The summed E-state index contributed by atoms with van der Waals surface area (Å²) in [5.41, 5.74) is 0.274. The number of nitrogens with one attached hydrogen (secondary N) is 2. The van der Waals surface area contributed by atoms with Crippen molar-refractivity contribution in [3.8, 4) is 0 Å². The molecule has 8 heteroatoms. The van der Waals surface area contributed by atoms with Gasteiger partial charge in [0.25, 0.3) is 0 Å². The first-order valence-electron chi connectivity index (χ1n) is 6.40. The van der Waals surface area contributed by atoms with E-state index in [-0.39, 0.29) is 29.7 Å². The summed E-state index contributed by atoms with van der Waals surface area (Å²) in [6, 6.07) is 3.96. The van der Waals surface area contributed by atoms with E-state index < -0.39 is 16.0 Å². The highest BCUT2D eigenvalue weighted by Gasteiger charge is 2.20. The van der Waals surface area contributed by atoms with Crippen LogP contribution in [0.25, 0.3) is 0 Å². The fraction of sp³-hybridized carbons (Fsp3) is 0.462. The van der Waals surface area contributed by atoms with Gasteiger partial charge >= 0.3 is 5.97 Å². The smallest absolute Gasteiger partial charge is 0.335 e. The summed E-state index contributed by atoms with van der Waals surface area (Å²) in [6.45, 7) is 4.06. The van der Waals surface area contributed by atoms with E-state index in [0.29, 0.717) is 5.69 Å². The third-order valence-corrected chi connectivity index (χ3v) is 4.06. The molecule has 0 unspecified atom stereocenters. The van der Waals surface area contributed by atoms with Crippen molar-refractivity contribution in [3.63, 3.8) is 0 Å². The molecule has 1 rings (SSSR count). The van der Waals surface area contributed by atoms with Gasteiger partial charge in [-0.25, -0.2) is 17.9 Å². The van der Waals surface area contributed by atoms with Crippen LogP contribution in [0.1, 0.15) is 24.2 Å². The number of methoxy groups -OCH3 is 1. The van der Waals surface area contributed by atoms with Gasteiger partial charge in [-0.05, 0) is 32.0 Å². The van der Waals surface area contributed by atoms with Crippen LogP contribution in [0.2, 0.25) is 0 Å². The first kappa shape index (κ1) is 17.4. The van der Waals surface area contributed by atoms with E-state index in [1.54, 1.807) is 0 Å². The van der Waals surface area contributed by atoms with Crippen LogP contribution in [0.3, 0.4) is 0 Å². The van der Waals surface area contributed by atoms with Gasteiger partial charge in [-0.15, -0.1) is 0 Å². The van der Waals surface area contributed by atoms with Crippen LogP contribution in [0.15, 0.2) is 23.1 Å². The molecule has 0 heterocycles. The molecule has 0 aliphatic rings. The Morgan fingerprint density at radius 2 is 2.05 bits per heavy atom. The molecule has 0 bridgehead atoms. The molecular weight excluding hydrogens is 296 g/mol. The van der Waals surface area contributed by atoms with E-state index in [1.807, 2.05) is 13.8 Å². The molecule has 0 spiro atoms. The predicted molar refractivity (Wildman–Crippen MR) is 79.2 cm³/mol. The van der Waals surface area contributed by atoms with Crippen molar-refractivity contribution < 1.29 is 23.1 Å². The maximum absolute atomic E-state index is 12.3. The van der Waals surface area contributed by atoms with Gasteiger partial charge in [0.15, 0.2) is 0 Å². The summed E-state index contributed by atoms with van der Waals surface area (Å²) >= 11 is 0. The van der Waals surface area contributed by atoms with Crippen LogP contribution < -0.4 is 10.0 Å². The molecule has 7 nitrogen and oxygen atoms in total. The summed E-state index contributed by atoms with van der Waals surface area (Å²) in [4.78, 5) is 10.9. The average Bonchev–Trinajstić information content (AvgIpc) is 2.38. The van der Waals surface area contributed by atoms with Crippen molar-refractivity contribution in [2.24, 2.45) is 0 Å². The number of carboxylic acid groups (broad SMARTS) is 1. The normalized spacial score (nSPS) is 11.6. The van der Waals surface area contributed by atoms with Gasteiger partial charge in [0.05, 0.1) is 17.9 Å². The highest BCUT2D eigenvalue weighted by atomic mass is 32.2. The Labute approximate surface area is 124 Å². The minimum Gasteiger partial charge on any atom is -0.478 e. The number of carbonyl (C=O) groups is 1. The molecule has 0 saturated heterocycles. The van der Waals surface area contributed by atoms with Crippen molar-refractivity contribution in [2.75, 3.05) is 25.6 Å². The Kier molecular flexibility index (Phi) is 6.13. The minimum atomic E-state index is -3.82. The second-order valence-corrected chi connectivity index (χ2v) is 6.44. The topological polar surface area (TPSA) is 105 Å². The lowest BCUT2D eigenvalue weighted by Crippen LogP contribution is -2.28. The zero-order chi connectivity index (χ0) is 16.0. The quantitative estimate of drug-likeness (QED) is 0.621. The van der Waals surface area contributed by atoms with Gasteiger partial charge in [0.2, 0.25) is 10.0 Å². The van der Waals surface area contributed by atoms with Crippen molar-refractivity contribution in [1.82, 2.24) is 4.72 Å². The van der Waals surface area contributed by atoms with Gasteiger partial charge < -0.3 is 15.2 Å². The van der Waals surface area contributed by atoms with Gasteiger partial charge in [0, 0.05) is 19.7 Å². The summed E-state index contributed by atoms with van der Waals surface area (Å²) < 4.78 is 31.7. The number of ether oxygens (including phenoxy) is 1. The van der Waals surface area contributed by atoms with E-state index in [0.717, 1.165) is 6.07 Å². The van der Waals surface area contributed by atoms with Crippen molar-refractivity contribution in [1.29, 1.82) is 0 Å². The fourth-order valence-corrected chi connectivity index (χ4v) is 2.87. The van der Waals surface area contributed by atoms with Crippen LogP contribution in [0, 0.1) is 0 Å². The maximum atomic E-state index is 12.3. The number of aromatic carboxylic acids is 1. The van der Waals surface area contributed by atoms with E-state index >= 15 is 0 Å². The number of sulfonamides is 1. The maximum Gasteiger partial charge on any atom is 0.335 e. The summed E-state index contributed by atoms with van der Waals surface area (Å²) in [5, 5.41) is 12.0. The average molecular weight is 316 g/mol. The Hall–Kier alpha value is -1.64. The zero-order valence-electron chi connectivity index (χ0n) is 12.2. The number of hydrogen-bond acceptors (Lipinski definition) is 5. The van der Waals surface area contributed by atoms with Gasteiger partial charge in [-0.1, -0.05) is 0 Å². The molecule has 21 heavy (non-hydrogen) atoms. The SMILES string of the molecule is COCCNS(=O)(=O)c1cc(C(=O)O)ccc1NC(C)C. The third kappa shape index (κ3) is 5.00. The lowest BCUT2D eigenvalue weighted by molar-refractivity contribution is 0.0696. The number of anilines is 1. The first-order chi connectivity index (χ1) is 9.77. The number of hydrogen-bond donors (Lipinski definition) is 3. The lowest BCUT2D eigenvalue weighted by Gasteiger charge is -2.16. The van der Waals surface area contributed by atoms with Crippen molar-refractivity contribution >= 4 is 21.7 Å².